The molecular weight excluding hydrogens is 302 g/mol. The maximum Gasteiger partial charge on any atom is 0.236 e. The third-order valence-corrected chi connectivity index (χ3v) is 6.24. The fourth-order valence-corrected chi connectivity index (χ4v) is 4.34. The summed E-state index contributed by atoms with van der Waals surface area (Å²) in [4.78, 5) is 19.5. The molecule has 3 heterocycles. The van der Waals surface area contributed by atoms with Crippen LogP contribution in [-0.4, -0.2) is 86.2 Å². The minimum Gasteiger partial charge on any atom is -0.381 e. The molecule has 3 fully saturated rings. The van der Waals surface area contributed by atoms with Gasteiger partial charge in [-0.3, -0.25) is 9.69 Å². The standard InChI is InChI=1S/C19H35N3O2/c1-16-3-10-22(11-4-16)19(23)14-20(2)18-5-8-21(9-6-18)13-17-7-12-24-15-17/h16-18H,3-15H2,1-2H3/t17-/m1/s1. The largest absolute Gasteiger partial charge is 0.381 e. The molecule has 24 heavy (non-hydrogen) atoms. The Hall–Kier alpha value is -0.650. The predicted octanol–water partition coefficient (Wildman–Crippen LogP) is 1.68. The van der Waals surface area contributed by atoms with Crippen molar-refractivity contribution in [3.63, 3.8) is 0 Å². The lowest BCUT2D eigenvalue weighted by Crippen LogP contribution is -2.49. The Bertz CT molecular complexity index is 395. The molecule has 0 saturated carbocycles. The summed E-state index contributed by atoms with van der Waals surface area (Å²) < 4.78 is 5.49. The number of likely N-dealkylation sites (tertiary alicyclic amines) is 2. The van der Waals surface area contributed by atoms with Gasteiger partial charge in [0.25, 0.3) is 0 Å². The van der Waals surface area contributed by atoms with Crippen LogP contribution in [-0.2, 0) is 9.53 Å². The number of likely N-dealkylation sites (N-methyl/N-ethyl adjacent to an activating group) is 1. The van der Waals surface area contributed by atoms with Gasteiger partial charge in [0.2, 0.25) is 5.91 Å². The van der Waals surface area contributed by atoms with Gasteiger partial charge in [-0.2, -0.15) is 0 Å². The first-order valence-electron chi connectivity index (χ1n) is 9.90. The van der Waals surface area contributed by atoms with Gasteiger partial charge in [0, 0.05) is 32.3 Å². The molecule has 3 aliphatic heterocycles. The van der Waals surface area contributed by atoms with E-state index in [1.807, 2.05) is 0 Å². The molecule has 5 heteroatoms. The maximum atomic E-state index is 12.5. The first kappa shape index (κ1) is 18.2. The number of rotatable bonds is 5. The molecule has 138 valence electrons. The van der Waals surface area contributed by atoms with Crippen LogP contribution in [0.4, 0.5) is 0 Å². The number of hydrogen-bond donors (Lipinski definition) is 0. The number of ether oxygens (including phenoxy) is 1. The second-order valence-corrected chi connectivity index (χ2v) is 8.24. The fraction of sp³-hybridized carbons (Fsp3) is 0.947. The smallest absolute Gasteiger partial charge is 0.236 e. The van der Waals surface area contributed by atoms with E-state index in [9.17, 15) is 4.79 Å². The van der Waals surface area contributed by atoms with Crippen LogP contribution in [0.2, 0.25) is 0 Å². The predicted molar refractivity (Wildman–Crippen MR) is 96.0 cm³/mol. The molecule has 0 spiro atoms. The van der Waals surface area contributed by atoms with Crippen molar-refractivity contribution in [2.45, 2.75) is 45.1 Å². The first-order chi connectivity index (χ1) is 11.6. The van der Waals surface area contributed by atoms with Gasteiger partial charge in [-0.05, 0) is 64.1 Å². The summed E-state index contributed by atoms with van der Waals surface area (Å²) in [5.41, 5.74) is 0. The topological polar surface area (TPSA) is 36.0 Å². The molecule has 3 saturated heterocycles. The summed E-state index contributed by atoms with van der Waals surface area (Å²) >= 11 is 0. The van der Waals surface area contributed by atoms with E-state index in [-0.39, 0.29) is 0 Å². The minimum atomic E-state index is 0.329. The molecule has 0 aromatic rings. The molecule has 1 amide bonds. The zero-order valence-electron chi connectivity index (χ0n) is 15.6. The molecule has 1 atom stereocenters. The molecule has 0 bridgehead atoms. The summed E-state index contributed by atoms with van der Waals surface area (Å²) in [7, 11) is 2.13. The molecule has 0 unspecified atom stereocenters. The van der Waals surface area contributed by atoms with E-state index in [1.54, 1.807) is 0 Å². The van der Waals surface area contributed by atoms with E-state index in [2.05, 4.69) is 28.7 Å². The average molecular weight is 338 g/mol. The lowest BCUT2D eigenvalue weighted by molar-refractivity contribution is -0.134. The Morgan fingerprint density at radius 2 is 1.79 bits per heavy atom. The summed E-state index contributed by atoms with van der Waals surface area (Å²) in [6.45, 7) is 10.2. The second-order valence-electron chi connectivity index (χ2n) is 8.24. The molecule has 3 aliphatic rings. The van der Waals surface area contributed by atoms with Crippen LogP contribution in [0.15, 0.2) is 0 Å². The normalized spacial score (nSPS) is 28.0. The number of carbonyl (C=O) groups excluding carboxylic acids is 1. The highest BCUT2D eigenvalue weighted by molar-refractivity contribution is 5.78. The zero-order chi connectivity index (χ0) is 16.9. The van der Waals surface area contributed by atoms with Crippen LogP contribution in [0.25, 0.3) is 0 Å². The lowest BCUT2D eigenvalue weighted by Gasteiger charge is -2.38. The van der Waals surface area contributed by atoms with Crippen molar-refractivity contribution in [3.05, 3.63) is 0 Å². The maximum absolute atomic E-state index is 12.5. The molecular formula is C19H35N3O2. The van der Waals surface area contributed by atoms with Crippen molar-refractivity contribution in [3.8, 4) is 0 Å². The van der Waals surface area contributed by atoms with Crippen LogP contribution >= 0.6 is 0 Å². The number of nitrogens with zero attached hydrogens (tertiary/aromatic N) is 3. The van der Waals surface area contributed by atoms with Crippen molar-refractivity contribution in [1.82, 2.24) is 14.7 Å². The van der Waals surface area contributed by atoms with E-state index in [4.69, 9.17) is 4.74 Å². The van der Waals surface area contributed by atoms with E-state index in [0.29, 0.717) is 18.5 Å². The van der Waals surface area contributed by atoms with E-state index in [1.165, 1.54) is 51.7 Å². The van der Waals surface area contributed by atoms with Crippen LogP contribution < -0.4 is 0 Å². The minimum absolute atomic E-state index is 0.329. The van der Waals surface area contributed by atoms with Gasteiger partial charge in [-0.25, -0.2) is 0 Å². The molecule has 0 radical (unpaired) electrons. The summed E-state index contributed by atoms with van der Waals surface area (Å²) in [5.74, 6) is 1.85. The van der Waals surface area contributed by atoms with Gasteiger partial charge in [0.15, 0.2) is 0 Å². The van der Waals surface area contributed by atoms with Crippen LogP contribution in [0.1, 0.15) is 39.0 Å². The van der Waals surface area contributed by atoms with Gasteiger partial charge in [0.05, 0.1) is 13.2 Å². The SMILES string of the molecule is CC1CCN(C(=O)CN(C)C2CCN(C[C@H]3CCOC3)CC2)CC1. The number of carbonyl (C=O) groups is 1. The van der Waals surface area contributed by atoms with Crippen molar-refractivity contribution in [1.29, 1.82) is 0 Å². The Kier molecular flexibility index (Phi) is 6.53. The molecule has 0 aliphatic carbocycles. The summed E-state index contributed by atoms with van der Waals surface area (Å²) in [5, 5.41) is 0. The Morgan fingerprint density at radius 3 is 2.42 bits per heavy atom. The van der Waals surface area contributed by atoms with Gasteiger partial charge in [-0.15, -0.1) is 0 Å². The van der Waals surface area contributed by atoms with Crippen LogP contribution in [0.5, 0.6) is 0 Å². The third kappa shape index (κ3) is 4.93. The fourth-order valence-electron chi connectivity index (χ4n) is 4.34. The van der Waals surface area contributed by atoms with Crippen molar-refractivity contribution in [2.24, 2.45) is 11.8 Å². The third-order valence-electron chi connectivity index (χ3n) is 6.24. The van der Waals surface area contributed by atoms with E-state index in [0.717, 1.165) is 38.1 Å². The van der Waals surface area contributed by atoms with Gasteiger partial charge >= 0.3 is 0 Å². The summed E-state index contributed by atoms with van der Waals surface area (Å²) in [6.07, 6.45) is 5.93. The van der Waals surface area contributed by atoms with Gasteiger partial charge in [0.1, 0.15) is 0 Å². The highest BCUT2D eigenvalue weighted by atomic mass is 16.5. The number of hydrogen-bond acceptors (Lipinski definition) is 4. The molecule has 0 N–H and O–H groups in total. The van der Waals surface area contributed by atoms with E-state index < -0.39 is 0 Å². The van der Waals surface area contributed by atoms with Gasteiger partial charge < -0.3 is 14.5 Å². The molecule has 0 aromatic heterocycles. The Morgan fingerprint density at radius 1 is 1.08 bits per heavy atom. The molecule has 5 nitrogen and oxygen atoms in total. The monoisotopic (exact) mass is 337 g/mol. The quantitative estimate of drug-likeness (QED) is 0.765. The van der Waals surface area contributed by atoms with Crippen molar-refractivity contribution >= 4 is 5.91 Å². The van der Waals surface area contributed by atoms with E-state index >= 15 is 0 Å². The lowest BCUT2D eigenvalue weighted by atomic mass is 9.99. The highest BCUT2D eigenvalue weighted by Gasteiger charge is 2.28. The van der Waals surface area contributed by atoms with Crippen molar-refractivity contribution in [2.75, 3.05) is 59.5 Å². The first-order valence-corrected chi connectivity index (χ1v) is 9.90. The van der Waals surface area contributed by atoms with Crippen molar-refractivity contribution < 1.29 is 9.53 Å². The number of amides is 1. The van der Waals surface area contributed by atoms with Gasteiger partial charge in [-0.1, -0.05) is 6.92 Å². The molecule has 0 aromatic carbocycles. The number of piperidine rings is 2. The zero-order valence-corrected chi connectivity index (χ0v) is 15.6. The van der Waals surface area contributed by atoms with Crippen LogP contribution in [0, 0.1) is 11.8 Å². The molecule has 3 rings (SSSR count). The summed E-state index contributed by atoms with van der Waals surface area (Å²) in [6, 6.07) is 0.564. The van der Waals surface area contributed by atoms with Crippen LogP contribution in [0.3, 0.4) is 0 Å². The highest BCUT2D eigenvalue weighted by Crippen LogP contribution is 2.20. The second kappa shape index (κ2) is 8.63. The Balaban J connectivity index is 1.36. The average Bonchev–Trinajstić information content (AvgIpc) is 3.09. The Labute approximate surface area is 147 Å².